The summed E-state index contributed by atoms with van der Waals surface area (Å²) in [5, 5.41) is 47.4. The van der Waals surface area contributed by atoms with Gasteiger partial charge in [0, 0.05) is 0 Å². The topological polar surface area (TPSA) is 123 Å². The number of halogens is 6. The summed E-state index contributed by atoms with van der Waals surface area (Å²) in [7, 11) is -2.35. The zero-order valence-corrected chi connectivity index (χ0v) is 46.7. The van der Waals surface area contributed by atoms with Crippen molar-refractivity contribution in [3.63, 3.8) is 0 Å². The second kappa shape index (κ2) is 24.7. The van der Waals surface area contributed by atoms with Crippen molar-refractivity contribution >= 4 is 52.8 Å². The van der Waals surface area contributed by atoms with Crippen molar-refractivity contribution in [3.05, 3.63) is 234 Å². The molecule has 0 aliphatic heterocycles. The first-order chi connectivity index (χ1) is 39.6. The minimum atomic E-state index is -5.30. The summed E-state index contributed by atoms with van der Waals surface area (Å²) in [4.78, 5) is 0. The summed E-state index contributed by atoms with van der Waals surface area (Å²) in [6.45, 7) is -10.6. The number of benzene rings is 7. The molecule has 9 rings (SSSR count). The van der Waals surface area contributed by atoms with E-state index in [-0.39, 0.29) is 41.4 Å². The Labute approximate surface area is 475 Å². The summed E-state index contributed by atoms with van der Waals surface area (Å²) in [6, 6.07) is 64.5. The average Bonchev–Trinajstić information content (AvgIpc) is 3.23. The van der Waals surface area contributed by atoms with Crippen molar-refractivity contribution in [2.24, 2.45) is 11.8 Å². The van der Waals surface area contributed by atoms with E-state index in [1.54, 1.807) is 109 Å². The van der Waals surface area contributed by atoms with Crippen LogP contribution in [0.1, 0.15) is 75.3 Å². The third kappa shape index (κ3) is 11.3. The van der Waals surface area contributed by atoms with E-state index in [9.17, 15) is 21.0 Å². The Morgan fingerprint density at radius 2 is 0.659 bits per heavy atom. The second-order valence-electron chi connectivity index (χ2n) is 21.0. The van der Waals surface area contributed by atoms with E-state index in [2.05, 4.69) is 24.3 Å². The number of nitrogens with zero attached hydrogens (tertiary/aromatic N) is 4. The van der Waals surface area contributed by atoms with Gasteiger partial charge in [-0.25, -0.2) is 0 Å². The first-order valence-corrected chi connectivity index (χ1v) is 32.1. The monoisotopic (exact) mass is 1140 g/mol. The van der Waals surface area contributed by atoms with Gasteiger partial charge in [0.15, 0.2) is 0 Å². The van der Waals surface area contributed by atoms with E-state index in [0.717, 1.165) is 38.5 Å². The first-order valence-electron chi connectivity index (χ1n) is 27.4. The summed E-state index contributed by atoms with van der Waals surface area (Å²) >= 11 is 0. The van der Waals surface area contributed by atoms with Crippen LogP contribution in [0.2, 0.25) is 0 Å². The van der Waals surface area contributed by atoms with Crippen LogP contribution in [0.4, 0.5) is 26.3 Å². The van der Waals surface area contributed by atoms with E-state index in [1.165, 1.54) is 0 Å². The number of nitriles is 4. The third-order valence-corrected chi connectivity index (χ3v) is 28.0. The van der Waals surface area contributed by atoms with Gasteiger partial charge in [0.1, 0.15) is 0 Å². The molecule has 82 heavy (non-hydrogen) atoms. The summed E-state index contributed by atoms with van der Waals surface area (Å²) < 4.78 is 115. The van der Waals surface area contributed by atoms with Crippen molar-refractivity contribution in [2.45, 2.75) is 76.6 Å². The van der Waals surface area contributed by atoms with Crippen LogP contribution in [0.5, 0.6) is 5.75 Å². The van der Waals surface area contributed by atoms with Gasteiger partial charge in [0.05, 0.1) is 0 Å². The van der Waals surface area contributed by atoms with E-state index in [4.69, 9.17) is 13.5 Å². The Bertz CT molecular complexity index is 3130. The predicted octanol–water partition coefficient (Wildman–Crippen LogP) is 14.9. The van der Waals surface area contributed by atoms with Crippen molar-refractivity contribution in [3.8, 4) is 30.0 Å². The molecule has 2 saturated carbocycles. The Morgan fingerprint density at radius 3 is 0.890 bits per heavy atom. The van der Waals surface area contributed by atoms with Crippen LogP contribution < -0.4 is 36.5 Å². The first kappa shape index (κ1) is 58.8. The van der Waals surface area contributed by atoms with Gasteiger partial charge < -0.3 is 0 Å². The summed E-state index contributed by atoms with van der Waals surface area (Å²) in [6.07, 6.45) is -3.59. The van der Waals surface area contributed by atoms with E-state index >= 15 is 26.3 Å². The second-order valence-corrected chi connectivity index (χ2v) is 30.0. The number of hydrogen-bond acceptors (Lipinski definition) is 7. The molecule has 0 unspecified atom stereocenters. The van der Waals surface area contributed by atoms with Crippen LogP contribution in [0.25, 0.3) is 0 Å². The number of hydrogen-bond donors (Lipinski definition) is 0. The molecule has 7 aromatic rings. The molecule has 0 aromatic heterocycles. The Kier molecular flexibility index (Phi) is 17.8. The summed E-state index contributed by atoms with van der Waals surface area (Å²) in [5.74, 6) is -1.57. The molecule has 2 aliphatic carbocycles. The van der Waals surface area contributed by atoms with Crippen molar-refractivity contribution in [1.82, 2.24) is 0 Å². The van der Waals surface area contributed by atoms with Crippen LogP contribution in [0.3, 0.4) is 0 Å². The fourth-order valence-corrected chi connectivity index (χ4v) is 24.3. The Balaban J connectivity index is 1.52. The van der Waals surface area contributed by atoms with E-state index in [1.807, 2.05) is 72.8 Å². The van der Waals surface area contributed by atoms with Gasteiger partial charge >= 0.3 is 478 Å². The minimum absolute atomic E-state index is 0.0263. The Hall–Kier alpha value is -7.80. The maximum absolute atomic E-state index is 15.2. The van der Waals surface area contributed by atoms with Crippen LogP contribution in [0, 0.1) is 57.2 Å². The molecule has 0 saturated heterocycles. The molecule has 0 spiro atoms. The van der Waals surface area contributed by atoms with Crippen molar-refractivity contribution < 1.29 is 39.9 Å². The number of alkyl halides is 6. The molecular weight excluding hydrogens is 1080 g/mol. The van der Waals surface area contributed by atoms with E-state index < -0.39 is 50.2 Å². The van der Waals surface area contributed by atoms with Crippen LogP contribution in [-0.4, -0.2) is 19.6 Å². The van der Waals surface area contributed by atoms with Gasteiger partial charge in [-0.15, -0.1) is 0 Å². The van der Waals surface area contributed by atoms with Gasteiger partial charge in [0.2, 0.25) is 0 Å². The normalized spacial score (nSPS) is 15.3. The van der Waals surface area contributed by atoms with Crippen LogP contribution >= 0.6 is 13.7 Å². The molecule has 0 atom stereocenters. The average molecular weight is 1140 g/mol. The zero-order valence-electron chi connectivity index (χ0n) is 44.9. The molecule has 16 heteroatoms. The number of allylic oxidation sites excluding steroid dienone is 4. The molecule has 0 bridgehead atoms. The maximum atomic E-state index is 15.2. The summed E-state index contributed by atoms with van der Waals surface area (Å²) in [5.41, 5.74) is -2.67. The molecule has 2 fully saturated rings. The predicted molar refractivity (Wildman–Crippen MR) is 315 cm³/mol. The molecular formula is C66H59BF6N4O3P2. The molecule has 416 valence electrons. The molecule has 0 heterocycles. The van der Waals surface area contributed by atoms with Gasteiger partial charge in [-0.2, -0.15) is 0 Å². The van der Waals surface area contributed by atoms with Gasteiger partial charge in [-0.3, -0.25) is 0 Å². The van der Waals surface area contributed by atoms with Gasteiger partial charge in [-0.1, -0.05) is 0 Å². The zero-order chi connectivity index (χ0) is 57.9. The van der Waals surface area contributed by atoms with Crippen molar-refractivity contribution in [2.75, 3.05) is 12.3 Å². The molecule has 7 aromatic carbocycles. The molecule has 0 radical (unpaired) electrons. The molecule has 0 amide bonds. The Morgan fingerprint density at radius 1 is 0.402 bits per heavy atom. The standard InChI is InChI=1S/C66H59BF6N4O3P2/c68-65(69,70)54-41-55(66(71,72)73)43-56(42-54)78-67(79-81(57-29-13-3-14-30-57,58-31-15-4-16-32-58,59-33-17-5-18-34-59)48-63(52(44-74)45-75)50-25-9-1-10-26-50)80-82(60-35-19-6-20-36-60,61-37-21-7-22-38-61,62-39-23-8-24-40-62)49-64(53(46-76)47-77)51-27-11-2-12-28-51/h3-8,13-24,29-43,50-51H,1-2,9-12,25-28,48-49H2. The quantitative estimate of drug-likeness (QED) is 0.0363. The number of rotatable bonds is 18. The van der Waals surface area contributed by atoms with E-state index in [0.29, 0.717) is 80.8 Å². The fraction of sp³-hybridized carbons (Fsp3) is 0.242. The van der Waals surface area contributed by atoms with Crippen molar-refractivity contribution in [1.29, 1.82) is 21.0 Å². The SMILES string of the molecule is N#CC(C#N)=C(CP(OB(Oc1cc(C(F)(F)F)cc(C(F)(F)F)c1)OP(CC(=C(C#N)C#N)C1CCCCC1)(c1ccccc1)(c1ccccc1)c1ccccc1)(c1ccccc1)(c1ccccc1)c1ccccc1)C1CCCCC1. The fourth-order valence-electron chi connectivity index (χ4n) is 12.6. The van der Waals surface area contributed by atoms with Gasteiger partial charge in [-0.05, 0) is 0 Å². The molecule has 2 aliphatic rings. The van der Waals surface area contributed by atoms with Gasteiger partial charge in [0.25, 0.3) is 0 Å². The molecule has 0 N–H and O–H groups in total. The third-order valence-electron chi connectivity index (χ3n) is 16.5. The van der Waals surface area contributed by atoms with Crippen LogP contribution in [0.15, 0.2) is 222 Å². The van der Waals surface area contributed by atoms with Crippen LogP contribution in [-0.2, 0) is 21.2 Å². The molecule has 7 nitrogen and oxygen atoms in total.